The van der Waals surface area contributed by atoms with Gasteiger partial charge in [0.2, 0.25) is 9.84 Å². The van der Waals surface area contributed by atoms with E-state index in [1.165, 1.54) is 6.20 Å². The fourth-order valence-electron chi connectivity index (χ4n) is 0.961. The Bertz CT molecular complexity index is 479. The summed E-state index contributed by atoms with van der Waals surface area (Å²) in [5, 5.41) is 3.46. The summed E-state index contributed by atoms with van der Waals surface area (Å²) in [6.45, 7) is 1.67. The first-order valence-corrected chi connectivity index (χ1v) is 5.02. The van der Waals surface area contributed by atoms with Gasteiger partial charge in [-0.15, -0.1) is 0 Å². The molecule has 0 saturated carbocycles. The van der Waals surface area contributed by atoms with Crippen molar-refractivity contribution in [3.63, 3.8) is 0 Å². The lowest BCUT2D eigenvalue weighted by Gasteiger charge is -2.09. The third-order valence-electron chi connectivity index (χ3n) is 1.54. The van der Waals surface area contributed by atoms with Crippen molar-refractivity contribution >= 4 is 21.2 Å². The first kappa shape index (κ1) is 8.11. The summed E-state index contributed by atoms with van der Waals surface area (Å²) < 4.78 is 22.6. The van der Waals surface area contributed by atoms with Crippen LogP contribution in [0.1, 0.15) is 5.82 Å². The van der Waals surface area contributed by atoms with Gasteiger partial charge in [0.1, 0.15) is 16.3 Å². The monoisotopic (exact) mass is 198 g/mol. The minimum absolute atomic E-state index is 0.0631. The van der Waals surface area contributed by atoms with Gasteiger partial charge in [-0.2, -0.15) is 5.10 Å². The fourth-order valence-corrected chi connectivity index (χ4v) is 1.83. The largest absolute Gasteiger partial charge is 0.259 e. The number of rotatable bonds is 0. The molecule has 6 nitrogen and oxygen atoms in total. The Morgan fingerprint density at radius 1 is 1.46 bits per heavy atom. The van der Waals surface area contributed by atoms with Crippen LogP contribution in [0.25, 0.3) is 0 Å². The number of aryl methyl sites for hydroxylation is 1. The Labute approximate surface area is 74.6 Å². The average molecular weight is 198 g/mol. The highest BCUT2D eigenvalue weighted by Crippen LogP contribution is 2.20. The average Bonchev–Trinajstić information content (AvgIpc) is 2.02. The fraction of sp³-hybridized carbons (Fsp3) is 0.167. The number of aromatic nitrogens is 2. The molecule has 2 rings (SSSR count). The maximum atomic E-state index is 11.3. The Balaban J connectivity index is 2.72. The van der Waals surface area contributed by atoms with Gasteiger partial charge in [-0.25, -0.2) is 18.4 Å². The smallest absolute Gasteiger partial charge is 0.223 e. The number of hydrazone groups is 1. The SMILES string of the molecule is Cc1ncc2c(n1)NN=CS2(=O)=O. The summed E-state index contributed by atoms with van der Waals surface area (Å²) >= 11 is 0. The van der Waals surface area contributed by atoms with Crippen LogP contribution < -0.4 is 5.43 Å². The molecule has 0 saturated heterocycles. The van der Waals surface area contributed by atoms with E-state index in [1.54, 1.807) is 6.92 Å². The van der Waals surface area contributed by atoms with Gasteiger partial charge in [0, 0.05) is 0 Å². The molecule has 13 heavy (non-hydrogen) atoms. The number of hydrogen-bond donors (Lipinski definition) is 1. The molecule has 0 amide bonds. The second-order valence-corrected chi connectivity index (χ2v) is 4.26. The van der Waals surface area contributed by atoms with E-state index in [0.717, 1.165) is 5.55 Å². The molecule has 0 unspecified atom stereocenters. The van der Waals surface area contributed by atoms with Gasteiger partial charge in [0.25, 0.3) is 0 Å². The summed E-state index contributed by atoms with van der Waals surface area (Å²) in [4.78, 5) is 7.75. The van der Waals surface area contributed by atoms with Crippen molar-refractivity contribution in [2.24, 2.45) is 5.10 Å². The Morgan fingerprint density at radius 2 is 2.23 bits per heavy atom. The lowest BCUT2D eigenvalue weighted by Crippen LogP contribution is -2.14. The zero-order valence-corrected chi connectivity index (χ0v) is 7.54. The normalized spacial score (nSPS) is 17.6. The highest BCUT2D eigenvalue weighted by Gasteiger charge is 2.21. The summed E-state index contributed by atoms with van der Waals surface area (Å²) in [7, 11) is -3.44. The third-order valence-corrected chi connectivity index (χ3v) is 2.84. The summed E-state index contributed by atoms with van der Waals surface area (Å²) in [5.74, 6) is 0.730. The molecule has 2 heterocycles. The Hall–Kier alpha value is -1.50. The molecule has 1 aliphatic rings. The van der Waals surface area contributed by atoms with Gasteiger partial charge in [0.15, 0.2) is 5.82 Å². The molecule has 0 bridgehead atoms. The summed E-state index contributed by atoms with van der Waals surface area (Å²) in [5.41, 5.74) is 3.34. The van der Waals surface area contributed by atoms with Crippen LogP contribution in [0.3, 0.4) is 0 Å². The topological polar surface area (TPSA) is 84.3 Å². The van der Waals surface area contributed by atoms with E-state index < -0.39 is 9.84 Å². The summed E-state index contributed by atoms with van der Waals surface area (Å²) in [6, 6.07) is 0. The van der Waals surface area contributed by atoms with E-state index >= 15 is 0 Å². The molecule has 7 heteroatoms. The Kier molecular flexibility index (Phi) is 1.56. The zero-order valence-electron chi connectivity index (χ0n) is 6.72. The van der Waals surface area contributed by atoms with Gasteiger partial charge < -0.3 is 0 Å². The predicted molar refractivity (Wildman–Crippen MR) is 46.1 cm³/mol. The molecule has 0 radical (unpaired) electrons. The van der Waals surface area contributed by atoms with Crippen molar-refractivity contribution in [2.45, 2.75) is 11.8 Å². The minimum atomic E-state index is -3.44. The number of hydrogen-bond acceptors (Lipinski definition) is 6. The van der Waals surface area contributed by atoms with Crippen LogP contribution in [-0.4, -0.2) is 23.9 Å². The van der Waals surface area contributed by atoms with Crippen molar-refractivity contribution < 1.29 is 8.42 Å². The van der Waals surface area contributed by atoms with E-state index in [-0.39, 0.29) is 10.7 Å². The third kappa shape index (κ3) is 1.26. The molecular formula is C6H6N4O2S. The highest BCUT2D eigenvalue weighted by atomic mass is 32.2. The first-order chi connectivity index (χ1) is 6.09. The Morgan fingerprint density at radius 3 is 3.00 bits per heavy atom. The molecule has 68 valence electrons. The second kappa shape index (κ2) is 2.49. The molecule has 0 atom stereocenters. The van der Waals surface area contributed by atoms with Crippen LogP contribution in [0.5, 0.6) is 0 Å². The molecular weight excluding hydrogens is 192 g/mol. The zero-order chi connectivity index (χ0) is 9.47. The minimum Gasteiger partial charge on any atom is -0.259 e. The van der Waals surface area contributed by atoms with Crippen LogP contribution in [0.15, 0.2) is 16.2 Å². The number of fused-ring (bicyclic) bond motifs is 1. The van der Waals surface area contributed by atoms with E-state index in [2.05, 4.69) is 20.5 Å². The molecule has 0 aromatic carbocycles. The van der Waals surface area contributed by atoms with E-state index in [4.69, 9.17) is 0 Å². The quantitative estimate of drug-likeness (QED) is 0.630. The van der Waals surface area contributed by atoms with E-state index in [0.29, 0.717) is 5.82 Å². The lowest BCUT2D eigenvalue weighted by molar-refractivity contribution is 0.606. The molecule has 1 aliphatic heterocycles. The van der Waals surface area contributed by atoms with Crippen LogP contribution >= 0.6 is 0 Å². The van der Waals surface area contributed by atoms with Gasteiger partial charge in [-0.1, -0.05) is 0 Å². The van der Waals surface area contributed by atoms with Crippen LogP contribution in [-0.2, 0) is 9.84 Å². The first-order valence-electron chi connectivity index (χ1n) is 3.47. The van der Waals surface area contributed by atoms with Gasteiger partial charge in [-0.3, -0.25) is 5.43 Å². The molecule has 0 fully saturated rings. The molecule has 0 spiro atoms. The number of anilines is 1. The van der Waals surface area contributed by atoms with Crippen LogP contribution in [0.2, 0.25) is 0 Å². The molecule has 1 aromatic heterocycles. The predicted octanol–water partition coefficient (Wildman–Crippen LogP) is -0.0725. The van der Waals surface area contributed by atoms with Crippen LogP contribution in [0, 0.1) is 6.92 Å². The van der Waals surface area contributed by atoms with Crippen molar-refractivity contribution in [1.82, 2.24) is 9.97 Å². The van der Waals surface area contributed by atoms with Gasteiger partial charge >= 0.3 is 0 Å². The second-order valence-electron chi connectivity index (χ2n) is 2.52. The van der Waals surface area contributed by atoms with Crippen molar-refractivity contribution in [3.05, 3.63) is 12.0 Å². The van der Waals surface area contributed by atoms with Gasteiger partial charge in [0.05, 0.1) is 6.20 Å². The van der Waals surface area contributed by atoms with Crippen molar-refractivity contribution in [2.75, 3.05) is 5.43 Å². The molecule has 1 N–H and O–H groups in total. The maximum Gasteiger partial charge on any atom is 0.223 e. The van der Waals surface area contributed by atoms with Gasteiger partial charge in [-0.05, 0) is 6.92 Å². The number of nitrogens with zero attached hydrogens (tertiary/aromatic N) is 3. The van der Waals surface area contributed by atoms with Crippen molar-refractivity contribution in [1.29, 1.82) is 0 Å². The van der Waals surface area contributed by atoms with Crippen molar-refractivity contribution in [3.8, 4) is 0 Å². The molecule has 0 aliphatic carbocycles. The van der Waals surface area contributed by atoms with E-state index in [9.17, 15) is 8.42 Å². The summed E-state index contributed by atoms with van der Waals surface area (Å²) in [6.07, 6.45) is 1.27. The van der Waals surface area contributed by atoms with E-state index in [1.807, 2.05) is 0 Å². The van der Waals surface area contributed by atoms with Crippen LogP contribution in [0.4, 0.5) is 5.82 Å². The number of sulfone groups is 1. The standard InChI is InChI=1S/C6H6N4O2S/c1-4-7-2-5-6(9-4)10-8-3-13(5,11)12/h2-3H,1H3,(H,7,9,10). The lowest BCUT2D eigenvalue weighted by atomic mass is 10.5. The maximum absolute atomic E-state index is 11.3. The number of nitrogens with one attached hydrogen (secondary N) is 1. The highest BCUT2D eigenvalue weighted by molar-refractivity contribution is 8.04. The molecule has 1 aromatic rings.